The molecular formula is C38H72NNiS4+8. The number of aryl methyl sites for hydroxylation is 2. The molecule has 2 rings (SSSR count). The van der Waals surface area contributed by atoms with E-state index in [2.05, 4.69) is 116 Å². The molecule has 0 N–H and O–H groups in total. The Morgan fingerprint density at radius 1 is 0.409 bits per heavy atom. The summed E-state index contributed by atoms with van der Waals surface area (Å²) in [6.07, 6.45) is 22.8. The Kier molecular flexibility index (Phi) is 32.3. The van der Waals surface area contributed by atoms with Gasteiger partial charge in [-0.05, 0) is 139 Å². The minimum Gasteiger partial charge on any atom is -0.324 e. The fraction of sp³-hybridized carbons (Fsp3) is 0.684. The van der Waals surface area contributed by atoms with Crippen molar-refractivity contribution in [3.63, 3.8) is 0 Å². The number of hydrogen-bond acceptors (Lipinski definition) is 0. The molecule has 0 saturated heterocycles. The van der Waals surface area contributed by atoms with Crippen molar-refractivity contribution in [3.05, 3.63) is 47.5 Å². The summed E-state index contributed by atoms with van der Waals surface area (Å²) in [5.74, 6) is 0. The Labute approximate surface area is 307 Å². The Hall–Kier alpha value is 0.294. The molecule has 0 heterocycles. The first-order valence-electron chi connectivity index (χ1n) is 17.6. The van der Waals surface area contributed by atoms with Crippen molar-refractivity contribution in [2.24, 2.45) is 0 Å². The summed E-state index contributed by atoms with van der Waals surface area (Å²) in [5, 5.41) is 0. The van der Waals surface area contributed by atoms with E-state index in [0.29, 0.717) is 0 Å². The van der Waals surface area contributed by atoms with Crippen molar-refractivity contribution in [2.45, 2.75) is 164 Å². The summed E-state index contributed by atoms with van der Waals surface area (Å²) in [7, 11) is 0. The van der Waals surface area contributed by atoms with E-state index in [0.717, 1.165) is 19.6 Å². The summed E-state index contributed by atoms with van der Waals surface area (Å²) in [6.45, 7) is 19.3. The Morgan fingerprint density at radius 3 is 0.886 bits per heavy atom. The van der Waals surface area contributed by atoms with E-state index in [1.165, 1.54) is 145 Å². The Bertz CT molecular complexity index is 834. The molecule has 0 amide bonds. The molecule has 1 nitrogen and oxygen atoms in total. The molecule has 0 aliphatic rings. The van der Waals surface area contributed by atoms with Gasteiger partial charge in [-0.15, -0.1) is 0 Å². The van der Waals surface area contributed by atoms with Crippen molar-refractivity contribution < 1.29 is 21.0 Å². The smallest absolute Gasteiger partial charge is 0.324 e. The average Bonchev–Trinajstić information content (AvgIpc) is 2.99. The monoisotopic (exact) mass is 728 g/mol. The molecule has 0 bridgehead atoms. The summed E-state index contributed by atoms with van der Waals surface area (Å²) in [4.78, 5) is 4.40. The van der Waals surface area contributed by atoms with Crippen molar-refractivity contribution in [1.29, 1.82) is 0 Å². The zero-order chi connectivity index (χ0) is 32.3. The van der Waals surface area contributed by atoms with Gasteiger partial charge in [-0.3, -0.25) is 0 Å². The minimum absolute atomic E-state index is 0. The summed E-state index contributed by atoms with van der Waals surface area (Å²) in [6, 6.07) is 12.3. The van der Waals surface area contributed by atoms with Gasteiger partial charge in [0.1, 0.15) is 0 Å². The zero-order valence-electron chi connectivity index (χ0n) is 29.4. The first kappa shape index (κ1) is 46.4. The molecule has 0 spiro atoms. The normalized spacial score (nSPS) is 10.8. The van der Waals surface area contributed by atoms with Crippen molar-refractivity contribution in [1.82, 2.24) is 0 Å². The molecule has 0 aliphatic heterocycles. The maximum Gasteiger partial charge on any atom is 3.00 e. The SMILES string of the molecule is CCCCCC[N+](CCCCCC)(CCCCCC)CCCCCC.Cc1ccc([SH2+])c([SH2+])c1.Cc1ccc([SH2+])c([SH2+])c1.[Ni+3]. The van der Waals surface area contributed by atoms with E-state index < -0.39 is 0 Å². The number of nitrogens with zero attached hydrogens (tertiary/aromatic N) is 1. The predicted molar refractivity (Wildman–Crippen MR) is 212 cm³/mol. The third kappa shape index (κ3) is 24.5. The first-order chi connectivity index (χ1) is 20.6. The largest absolute Gasteiger partial charge is 3.00 e. The van der Waals surface area contributed by atoms with Crippen LogP contribution in [0.5, 0.6) is 0 Å². The van der Waals surface area contributed by atoms with Gasteiger partial charge in [0.05, 0.1) is 26.2 Å². The molecule has 1 radical (unpaired) electrons. The van der Waals surface area contributed by atoms with Crippen LogP contribution in [0.25, 0.3) is 0 Å². The quantitative estimate of drug-likeness (QED) is 0.0552. The molecule has 0 atom stereocenters. The van der Waals surface area contributed by atoms with Crippen LogP contribution in [-0.4, -0.2) is 30.7 Å². The molecule has 2 aromatic carbocycles. The van der Waals surface area contributed by atoms with Crippen LogP contribution in [-0.2, 0) is 67.0 Å². The molecule has 6 heteroatoms. The number of hydrogen-bond donors (Lipinski definition) is 0. The van der Waals surface area contributed by atoms with Crippen LogP contribution in [0.3, 0.4) is 0 Å². The van der Waals surface area contributed by atoms with E-state index in [-0.39, 0.29) is 16.5 Å². The Morgan fingerprint density at radius 2 is 0.682 bits per heavy atom. The minimum atomic E-state index is 0. The summed E-state index contributed by atoms with van der Waals surface area (Å²) >= 11 is 13.7. The first-order valence-corrected chi connectivity index (χ1v) is 19.6. The standard InChI is InChI=1S/C24H52N.2C7H8S2.Ni/c1-5-9-13-17-21-25(22-18-14-10-6-2,23-19-15-11-7-3)24-20-16-12-8-4;2*1-5-2-3-6(8)7(9)4-5;/h5-24H2,1-4H3;2*2-4,8-9H,1H3;/q+1;;;+3/p+4. The van der Waals surface area contributed by atoms with Crippen LogP contribution in [0.2, 0.25) is 0 Å². The van der Waals surface area contributed by atoms with E-state index >= 15 is 0 Å². The molecule has 44 heavy (non-hydrogen) atoms. The van der Waals surface area contributed by atoms with Crippen molar-refractivity contribution in [2.75, 3.05) is 26.2 Å². The van der Waals surface area contributed by atoms with E-state index in [1.54, 1.807) is 0 Å². The van der Waals surface area contributed by atoms with Crippen molar-refractivity contribution >= 4 is 50.5 Å². The number of quaternary nitrogens is 1. The van der Waals surface area contributed by atoms with Crippen LogP contribution < -0.4 is 0 Å². The maximum atomic E-state index is 3.45. The number of benzene rings is 2. The molecule has 2 aromatic rings. The Balaban J connectivity index is 0. The molecule has 255 valence electrons. The van der Waals surface area contributed by atoms with Crippen LogP contribution in [0.4, 0.5) is 0 Å². The molecule has 0 aliphatic carbocycles. The van der Waals surface area contributed by atoms with Gasteiger partial charge in [-0.1, -0.05) is 91.2 Å². The van der Waals surface area contributed by atoms with E-state index in [9.17, 15) is 0 Å². The van der Waals surface area contributed by atoms with Crippen LogP contribution in [0, 0.1) is 13.8 Å². The third-order valence-electron chi connectivity index (χ3n) is 8.29. The summed E-state index contributed by atoms with van der Waals surface area (Å²) in [5.41, 5.74) is 2.53. The second-order valence-electron chi connectivity index (χ2n) is 12.6. The second-order valence-corrected chi connectivity index (χ2v) is 14.7. The van der Waals surface area contributed by atoms with Gasteiger partial charge in [0, 0.05) is 12.1 Å². The van der Waals surface area contributed by atoms with Gasteiger partial charge in [-0.2, -0.15) is 0 Å². The third-order valence-corrected chi connectivity index (χ3v) is 10.5. The fourth-order valence-corrected chi connectivity index (χ4v) is 6.42. The molecular weight excluding hydrogens is 657 g/mol. The van der Waals surface area contributed by atoms with Gasteiger partial charge in [-0.25, -0.2) is 0 Å². The molecule has 0 fully saturated rings. The van der Waals surface area contributed by atoms with Gasteiger partial charge in [0.15, 0.2) is 0 Å². The number of unbranched alkanes of at least 4 members (excludes halogenated alkanes) is 12. The maximum absolute atomic E-state index is 3.45. The fourth-order valence-electron chi connectivity index (χ4n) is 5.48. The second kappa shape index (κ2) is 30.6. The topological polar surface area (TPSA) is 0 Å². The number of rotatable bonds is 20. The predicted octanol–water partition coefficient (Wildman–Crippen LogP) is 9.59. The van der Waals surface area contributed by atoms with Crippen LogP contribution >= 0.6 is 0 Å². The van der Waals surface area contributed by atoms with Crippen molar-refractivity contribution in [3.8, 4) is 0 Å². The summed E-state index contributed by atoms with van der Waals surface area (Å²) < 4.78 is 1.46. The molecule has 0 aromatic heterocycles. The van der Waals surface area contributed by atoms with Gasteiger partial charge in [0.25, 0.3) is 0 Å². The molecule has 0 unspecified atom stereocenters. The van der Waals surface area contributed by atoms with Crippen LogP contribution in [0.1, 0.15) is 142 Å². The molecule has 0 saturated carbocycles. The zero-order valence-corrected chi connectivity index (χ0v) is 34.4. The van der Waals surface area contributed by atoms with Gasteiger partial charge in [0.2, 0.25) is 19.6 Å². The average molecular weight is 730 g/mol. The van der Waals surface area contributed by atoms with Gasteiger partial charge < -0.3 is 4.48 Å². The van der Waals surface area contributed by atoms with E-state index in [1.807, 2.05) is 12.1 Å². The van der Waals surface area contributed by atoms with E-state index in [4.69, 9.17) is 0 Å². The van der Waals surface area contributed by atoms with Gasteiger partial charge >= 0.3 is 16.5 Å². The van der Waals surface area contributed by atoms with Crippen LogP contribution in [0.15, 0.2) is 56.0 Å².